The predicted octanol–water partition coefficient (Wildman–Crippen LogP) is 1.76. The second kappa shape index (κ2) is 7.92. The van der Waals surface area contributed by atoms with Crippen LogP contribution in [0.15, 0.2) is 30.3 Å². The number of amides is 1. The fourth-order valence-electron chi connectivity index (χ4n) is 2.30. The average Bonchev–Trinajstić information content (AvgIpc) is 2.89. The Morgan fingerprint density at radius 1 is 1.38 bits per heavy atom. The van der Waals surface area contributed by atoms with E-state index in [-0.39, 0.29) is 24.9 Å². The number of aromatic nitrogens is 2. The number of nitrogens with one attached hydrogen (secondary N) is 1. The van der Waals surface area contributed by atoms with Crippen LogP contribution in [-0.2, 0) is 4.79 Å². The molecule has 0 unspecified atom stereocenters. The van der Waals surface area contributed by atoms with Crippen LogP contribution in [0.5, 0.6) is 5.75 Å². The lowest BCUT2D eigenvalue weighted by molar-refractivity contribution is -0.124. The summed E-state index contributed by atoms with van der Waals surface area (Å²) in [5, 5.41) is 16.8. The Morgan fingerprint density at radius 3 is 2.62 bits per heavy atom. The summed E-state index contributed by atoms with van der Waals surface area (Å²) in [4.78, 5) is 12.2. The normalized spacial score (nSPS) is 13.4. The van der Waals surface area contributed by atoms with Crippen molar-refractivity contribution < 1.29 is 19.0 Å². The van der Waals surface area contributed by atoms with Crippen molar-refractivity contribution >= 4 is 5.91 Å². The molecule has 0 radical (unpaired) electrons. The first kappa shape index (κ1) is 17.9. The largest absolute Gasteiger partial charge is 0.491 e. The Balaban J connectivity index is 1.78. The molecule has 2 atom stereocenters. The van der Waals surface area contributed by atoms with Gasteiger partial charge in [0.15, 0.2) is 0 Å². The summed E-state index contributed by atoms with van der Waals surface area (Å²) < 4.78 is 19.8. The maximum Gasteiger partial charge on any atom is 0.244 e. The number of nitrogens with zero attached hydrogens (tertiary/aromatic N) is 2. The van der Waals surface area contributed by atoms with Gasteiger partial charge in [-0.2, -0.15) is 5.10 Å². The van der Waals surface area contributed by atoms with Gasteiger partial charge in [0.25, 0.3) is 0 Å². The van der Waals surface area contributed by atoms with E-state index in [9.17, 15) is 14.3 Å². The molecule has 24 heavy (non-hydrogen) atoms. The van der Waals surface area contributed by atoms with Gasteiger partial charge in [0.05, 0.1) is 5.69 Å². The van der Waals surface area contributed by atoms with Crippen LogP contribution in [-0.4, -0.2) is 40.0 Å². The molecule has 2 N–H and O–H groups in total. The van der Waals surface area contributed by atoms with Gasteiger partial charge >= 0.3 is 0 Å². The van der Waals surface area contributed by atoms with E-state index in [4.69, 9.17) is 4.74 Å². The molecular formula is C17H22FN3O3. The Bertz CT molecular complexity index is 685. The molecule has 0 spiro atoms. The van der Waals surface area contributed by atoms with Crippen LogP contribution >= 0.6 is 0 Å². The molecule has 0 saturated carbocycles. The third-order valence-corrected chi connectivity index (χ3v) is 3.56. The number of ether oxygens (including phenoxy) is 1. The summed E-state index contributed by atoms with van der Waals surface area (Å²) in [6, 6.07) is 6.94. The van der Waals surface area contributed by atoms with Crippen molar-refractivity contribution in [3.05, 3.63) is 47.5 Å². The molecule has 1 aromatic carbocycles. The van der Waals surface area contributed by atoms with Gasteiger partial charge in [-0.25, -0.2) is 4.39 Å². The molecule has 6 nitrogen and oxygen atoms in total. The van der Waals surface area contributed by atoms with Crippen LogP contribution in [0.25, 0.3) is 0 Å². The molecule has 0 fully saturated rings. The van der Waals surface area contributed by atoms with Gasteiger partial charge in [0.1, 0.15) is 30.3 Å². The molecule has 1 amide bonds. The molecule has 7 heteroatoms. The number of benzene rings is 1. The highest BCUT2D eigenvalue weighted by atomic mass is 19.1. The van der Waals surface area contributed by atoms with Crippen LogP contribution in [0.1, 0.15) is 24.4 Å². The van der Waals surface area contributed by atoms with Crippen molar-refractivity contribution in [3.8, 4) is 5.75 Å². The van der Waals surface area contributed by atoms with Gasteiger partial charge in [-0.3, -0.25) is 9.48 Å². The fourth-order valence-corrected chi connectivity index (χ4v) is 2.30. The first-order valence-corrected chi connectivity index (χ1v) is 7.73. The lowest BCUT2D eigenvalue weighted by Gasteiger charge is -2.17. The molecule has 2 aromatic rings. The third kappa shape index (κ3) is 4.79. The van der Waals surface area contributed by atoms with Crippen molar-refractivity contribution in [1.29, 1.82) is 0 Å². The third-order valence-electron chi connectivity index (χ3n) is 3.56. The molecule has 1 heterocycles. The molecule has 130 valence electrons. The predicted molar refractivity (Wildman–Crippen MR) is 87.3 cm³/mol. The van der Waals surface area contributed by atoms with Crippen molar-refractivity contribution in [2.75, 3.05) is 13.2 Å². The second-order valence-electron chi connectivity index (χ2n) is 5.71. The molecular weight excluding hydrogens is 313 g/mol. The van der Waals surface area contributed by atoms with Gasteiger partial charge in [-0.1, -0.05) is 0 Å². The van der Waals surface area contributed by atoms with Crippen LogP contribution in [0.2, 0.25) is 0 Å². The van der Waals surface area contributed by atoms with E-state index in [0.717, 1.165) is 11.4 Å². The van der Waals surface area contributed by atoms with E-state index in [2.05, 4.69) is 10.4 Å². The summed E-state index contributed by atoms with van der Waals surface area (Å²) in [6.45, 7) is 5.56. The Labute approximate surface area is 140 Å². The van der Waals surface area contributed by atoms with Crippen molar-refractivity contribution in [2.45, 2.75) is 32.9 Å². The number of carbonyl (C=O) groups is 1. The summed E-state index contributed by atoms with van der Waals surface area (Å²) in [5.41, 5.74) is 1.75. The van der Waals surface area contributed by atoms with Gasteiger partial charge < -0.3 is 15.2 Å². The number of aliphatic hydroxyl groups is 1. The molecule has 2 rings (SSSR count). The van der Waals surface area contributed by atoms with Crippen LogP contribution in [0.4, 0.5) is 4.39 Å². The summed E-state index contributed by atoms with van der Waals surface area (Å²) in [7, 11) is 0. The first-order chi connectivity index (χ1) is 11.4. The number of hydrogen-bond donors (Lipinski definition) is 2. The van der Waals surface area contributed by atoms with Gasteiger partial charge in [0, 0.05) is 12.2 Å². The van der Waals surface area contributed by atoms with Crippen molar-refractivity contribution in [3.63, 3.8) is 0 Å². The summed E-state index contributed by atoms with van der Waals surface area (Å²) >= 11 is 0. The highest BCUT2D eigenvalue weighted by molar-refractivity contribution is 5.79. The summed E-state index contributed by atoms with van der Waals surface area (Å²) in [6.07, 6.45) is -0.869. The minimum Gasteiger partial charge on any atom is -0.491 e. The second-order valence-corrected chi connectivity index (χ2v) is 5.71. The number of aryl methyl sites for hydroxylation is 2. The topological polar surface area (TPSA) is 76.4 Å². The zero-order valence-electron chi connectivity index (χ0n) is 14.0. The number of aliphatic hydroxyl groups excluding tert-OH is 1. The zero-order valence-corrected chi connectivity index (χ0v) is 14.0. The number of carbonyl (C=O) groups excluding carboxylic acids is 1. The zero-order chi connectivity index (χ0) is 17.7. The van der Waals surface area contributed by atoms with Crippen LogP contribution in [0.3, 0.4) is 0 Å². The molecule has 1 aromatic heterocycles. The first-order valence-electron chi connectivity index (χ1n) is 7.73. The lowest BCUT2D eigenvalue weighted by Crippen LogP contribution is -2.39. The maximum absolute atomic E-state index is 12.8. The number of hydrogen-bond acceptors (Lipinski definition) is 4. The highest BCUT2D eigenvalue weighted by Crippen LogP contribution is 2.12. The SMILES string of the molecule is Cc1cc(C)n([C@@H](C)C(=O)NC[C@@H](O)COc2ccc(F)cc2)n1. The number of rotatable bonds is 7. The van der Waals surface area contributed by atoms with Gasteiger partial charge in [-0.15, -0.1) is 0 Å². The maximum atomic E-state index is 12.8. The minimum atomic E-state index is -0.869. The summed E-state index contributed by atoms with van der Waals surface area (Å²) in [5.74, 6) is -0.131. The Morgan fingerprint density at radius 2 is 2.04 bits per heavy atom. The smallest absolute Gasteiger partial charge is 0.244 e. The highest BCUT2D eigenvalue weighted by Gasteiger charge is 2.18. The van der Waals surface area contributed by atoms with Crippen LogP contribution < -0.4 is 10.1 Å². The molecule has 0 aliphatic carbocycles. The van der Waals surface area contributed by atoms with E-state index < -0.39 is 12.1 Å². The lowest BCUT2D eigenvalue weighted by atomic mass is 10.3. The van der Waals surface area contributed by atoms with Gasteiger partial charge in [0.2, 0.25) is 5.91 Å². The van der Waals surface area contributed by atoms with Crippen molar-refractivity contribution in [1.82, 2.24) is 15.1 Å². The fraction of sp³-hybridized carbons (Fsp3) is 0.412. The molecule has 0 aliphatic rings. The van der Waals surface area contributed by atoms with E-state index in [1.54, 1.807) is 11.6 Å². The molecule has 0 saturated heterocycles. The Kier molecular flexibility index (Phi) is 5.92. The van der Waals surface area contributed by atoms with Gasteiger partial charge in [-0.05, 0) is 51.1 Å². The number of halogens is 1. The van der Waals surface area contributed by atoms with E-state index in [0.29, 0.717) is 5.75 Å². The van der Waals surface area contributed by atoms with Crippen molar-refractivity contribution in [2.24, 2.45) is 0 Å². The quantitative estimate of drug-likeness (QED) is 0.808. The molecule has 0 aliphatic heterocycles. The molecule has 0 bridgehead atoms. The standard InChI is InChI=1S/C17H22FN3O3/c1-11-8-12(2)21(20-11)13(3)17(23)19-9-15(22)10-24-16-6-4-14(18)5-7-16/h4-8,13,15,22H,9-10H2,1-3H3,(H,19,23)/t13-,15+/m0/s1. The monoisotopic (exact) mass is 335 g/mol. The van der Waals surface area contributed by atoms with E-state index in [1.807, 2.05) is 19.9 Å². The minimum absolute atomic E-state index is 0.000198. The van der Waals surface area contributed by atoms with Crippen LogP contribution in [0, 0.1) is 19.7 Å². The van der Waals surface area contributed by atoms with E-state index in [1.165, 1.54) is 24.3 Å². The average molecular weight is 335 g/mol. The van der Waals surface area contributed by atoms with E-state index >= 15 is 0 Å². The Hall–Kier alpha value is -2.41.